The van der Waals surface area contributed by atoms with Crippen LogP contribution in [-0.4, -0.2) is 39.4 Å². The maximum Gasteiger partial charge on any atom is 0.254 e. The van der Waals surface area contributed by atoms with E-state index >= 15 is 0 Å². The topological polar surface area (TPSA) is 54.3 Å². The second-order valence-corrected chi connectivity index (χ2v) is 9.12. The van der Waals surface area contributed by atoms with Crippen molar-refractivity contribution in [3.8, 4) is 11.3 Å². The van der Waals surface area contributed by atoms with Crippen molar-refractivity contribution in [2.24, 2.45) is 7.05 Å². The van der Waals surface area contributed by atoms with Crippen LogP contribution in [0.15, 0.2) is 48.5 Å². The number of hydrogen-bond acceptors (Lipinski definition) is 2. The third-order valence-electron chi connectivity index (χ3n) is 7.06. The molecule has 0 radical (unpaired) electrons. The molecule has 2 aliphatic rings. The van der Waals surface area contributed by atoms with Crippen molar-refractivity contribution in [1.29, 1.82) is 0 Å². The zero-order valence-electron chi connectivity index (χ0n) is 18.4. The lowest BCUT2D eigenvalue weighted by Crippen LogP contribution is -2.51. The number of amides is 2. The van der Waals surface area contributed by atoms with Crippen molar-refractivity contribution < 1.29 is 9.59 Å². The van der Waals surface area contributed by atoms with Gasteiger partial charge in [-0.1, -0.05) is 42.0 Å². The van der Waals surface area contributed by atoms with Gasteiger partial charge < -0.3 is 14.8 Å². The predicted molar refractivity (Wildman–Crippen MR) is 123 cm³/mol. The first-order chi connectivity index (χ1) is 14.9. The average molecular weight is 416 g/mol. The van der Waals surface area contributed by atoms with Gasteiger partial charge in [0.2, 0.25) is 5.91 Å². The molecule has 1 N–H and O–H groups in total. The number of fused-ring (bicyclic) bond motifs is 3. The number of nitrogens with one attached hydrogen (secondary N) is 1. The number of nitrogens with zero attached hydrogens (tertiary/aromatic N) is 2. The Morgan fingerprint density at radius 1 is 1.00 bits per heavy atom. The van der Waals surface area contributed by atoms with Gasteiger partial charge in [-0.05, 0) is 50.3 Å². The van der Waals surface area contributed by atoms with E-state index in [0.29, 0.717) is 0 Å². The Hall–Kier alpha value is -3.08. The smallest absolute Gasteiger partial charge is 0.254 e. The third-order valence-corrected chi connectivity index (χ3v) is 7.06. The fourth-order valence-electron chi connectivity index (χ4n) is 5.79. The molecule has 2 aromatic carbocycles. The molecule has 3 aromatic rings. The molecule has 2 bridgehead atoms. The van der Waals surface area contributed by atoms with Crippen LogP contribution in [-0.2, 0) is 11.8 Å². The van der Waals surface area contributed by atoms with Gasteiger partial charge >= 0.3 is 0 Å². The van der Waals surface area contributed by atoms with Crippen molar-refractivity contribution in [3.05, 3.63) is 59.7 Å². The Morgan fingerprint density at radius 2 is 1.68 bits per heavy atom. The van der Waals surface area contributed by atoms with Crippen molar-refractivity contribution in [2.45, 2.75) is 57.7 Å². The Balaban J connectivity index is 1.52. The lowest BCUT2D eigenvalue weighted by Gasteiger charge is -2.38. The van der Waals surface area contributed by atoms with E-state index in [2.05, 4.69) is 47.1 Å². The monoisotopic (exact) mass is 415 g/mol. The van der Waals surface area contributed by atoms with Gasteiger partial charge in [0.05, 0.1) is 11.3 Å². The number of rotatable bonds is 3. The number of aryl methyl sites for hydroxylation is 2. The van der Waals surface area contributed by atoms with E-state index in [9.17, 15) is 9.59 Å². The lowest BCUT2D eigenvalue weighted by molar-refractivity contribution is -0.133. The van der Waals surface area contributed by atoms with Gasteiger partial charge in [0.25, 0.3) is 5.91 Å². The number of piperidine rings is 1. The molecule has 31 heavy (non-hydrogen) atoms. The van der Waals surface area contributed by atoms with Gasteiger partial charge in [-0.3, -0.25) is 9.59 Å². The highest BCUT2D eigenvalue weighted by molar-refractivity contribution is 6.13. The summed E-state index contributed by atoms with van der Waals surface area (Å²) in [5.41, 5.74) is 4.92. The molecule has 5 rings (SSSR count). The van der Waals surface area contributed by atoms with Crippen LogP contribution >= 0.6 is 0 Å². The Kier molecular flexibility index (Phi) is 4.84. The zero-order valence-corrected chi connectivity index (χ0v) is 18.4. The molecule has 0 aliphatic carbocycles. The van der Waals surface area contributed by atoms with Gasteiger partial charge in [-0.25, -0.2) is 0 Å². The first kappa shape index (κ1) is 19.9. The maximum absolute atomic E-state index is 13.7. The van der Waals surface area contributed by atoms with Gasteiger partial charge in [-0.15, -0.1) is 0 Å². The van der Waals surface area contributed by atoms with Crippen LogP contribution in [0, 0.1) is 6.92 Å². The highest BCUT2D eigenvalue weighted by Gasteiger charge is 2.42. The van der Waals surface area contributed by atoms with Gasteiger partial charge in [0.1, 0.15) is 0 Å². The van der Waals surface area contributed by atoms with E-state index in [0.717, 1.165) is 59.0 Å². The second-order valence-electron chi connectivity index (χ2n) is 9.12. The van der Waals surface area contributed by atoms with Crippen molar-refractivity contribution >= 4 is 22.7 Å². The minimum Gasteiger partial charge on any atom is -0.349 e. The van der Waals surface area contributed by atoms with Crippen LogP contribution in [0.25, 0.3) is 22.2 Å². The molecule has 160 valence electrons. The molecule has 2 unspecified atom stereocenters. The number of carbonyl (C=O) groups excluding carboxylic acids is 2. The van der Waals surface area contributed by atoms with E-state index in [1.807, 2.05) is 30.1 Å². The van der Waals surface area contributed by atoms with Crippen LogP contribution in [0.4, 0.5) is 0 Å². The fourth-order valence-corrected chi connectivity index (χ4v) is 5.79. The number of carbonyl (C=O) groups is 2. The van der Waals surface area contributed by atoms with E-state index in [4.69, 9.17) is 0 Å². The van der Waals surface area contributed by atoms with Gasteiger partial charge in [0.15, 0.2) is 0 Å². The SMILES string of the molecule is CC(=O)N1C2CCC1CC(NC(=O)c1c(-c3ccccc3)n(C)c3ccc(C)cc13)C2. The van der Waals surface area contributed by atoms with E-state index in [1.165, 1.54) is 0 Å². The second kappa shape index (κ2) is 7.56. The van der Waals surface area contributed by atoms with Crippen molar-refractivity contribution in [1.82, 2.24) is 14.8 Å². The first-order valence-electron chi connectivity index (χ1n) is 11.2. The predicted octanol–water partition coefficient (Wildman–Crippen LogP) is 4.43. The molecule has 0 spiro atoms. The van der Waals surface area contributed by atoms with E-state index < -0.39 is 0 Å². The largest absolute Gasteiger partial charge is 0.349 e. The van der Waals surface area contributed by atoms with E-state index in [1.54, 1.807) is 6.92 Å². The summed E-state index contributed by atoms with van der Waals surface area (Å²) in [6.45, 7) is 3.72. The molecule has 2 fully saturated rings. The van der Waals surface area contributed by atoms with Gasteiger partial charge in [-0.2, -0.15) is 0 Å². The number of benzene rings is 2. The standard InChI is InChI=1S/C26H29N3O2/c1-16-9-12-23-22(13-16)24(25(28(23)3)18-7-5-4-6-8-18)26(31)27-19-14-20-10-11-21(15-19)29(20)17(2)30/h4-9,12-13,19-21H,10-11,14-15H2,1-3H3,(H,27,31). The van der Waals surface area contributed by atoms with Crippen LogP contribution in [0.5, 0.6) is 0 Å². The Morgan fingerprint density at radius 3 is 2.32 bits per heavy atom. The summed E-state index contributed by atoms with van der Waals surface area (Å²) in [7, 11) is 2.03. The number of aromatic nitrogens is 1. The maximum atomic E-state index is 13.7. The van der Waals surface area contributed by atoms with Crippen LogP contribution in [0.2, 0.25) is 0 Å². The normalized spacial score (nSPS) is 22.7. The molecule has 2 saturated heterocycles. The van der Waals surface area contributed by atoms with Crippen molar-refractivity contribution in [2.75, 3.05) is 0 Å². The summed E-state index contributed by atoms with van der Waals surface area (Å²) < 4.78 is 2.13. The third kappa shape index (κ3) is 3.32. The Labute approximate surface area is 183 Å². The van der Waals surface area contributed by atoms with Crippen LogP contribution in [0.3, 0.4) is 0 Å². The zero-order chi connectivity index (χ0) is 21.7. The van der Waals surface area contributed by atoms with E-state index in [-0.39, 0.29) is 29.9 Å². The molecule has 5 heteroatoms. The summed E-state index contributed by atoms with van der Waals surface area (Å²) in [6, 6.07) is 17.0. The van der Waals surface area contributed by atoms with Gasteiger partial charge in [0, 0.05) is 43.0 Å². The van der Waals surface area contributed by atoms with Crippen LogP contribution < -0.4 is 5.32 Å². The molecule has 5 nitrogen and oxygen atoms in total. The lowest BCUT2D eigenvalue weighted by atomic mass is 9.96. The highest BCUT2D eigenvalue weighted by Crippen LogP contribution is 2.37. The summed E-state index contributed by atoms with van der Waals surface area (Å²) in [6.07, 6.45) is 3.76. The first-order valence-corrected chi connectivity index (χ1v) is 11.2. The Bertz CT molecular complexity index is 1150. The fraction of sp³-hybridized carbons (Fsp3) is 0.385. The molecule has 2 amide bonds. The molecule has 1 aromatic heterocycles. The summed E-state index contributed by atoms with van der Waals surface area (Å²) in [5.74, 6) is 0.142. The molecular formula is C26H29N3O2. The molecular weight excluding hydrogens is 386 g/mol. The van der Waals surface area contributed by atoms with Crippen molar-refractivity contribution in [3.63, 3.8) is 0 Å². The summed E-state index contributed by atoms with van der Waals surface area (Å²) in [4.78, 5) is 27.8. The molecule has 0 saturated carbocycles. The minimum absolute atomic E-state index is 0.0178. The quantitative estimate of drug-likeness (QED) is 0.688. The molecule has 2 aliphatic heterocycles. The van der Waals surface area contributed by atoms with Crippen LogP contribution in [0.1, 0.15) is 48.5 Å². The summed E-state index contributed by atoms with van der Waals surface area (Å²) in [5, 5.41) is 4.33. The average Bonchev–Trinajstić information content (AvgIpc) is 3.19. The highest BCUT2D eigenvalue weighted by atomic mass is 16.2. The minimum atomic E-state index is -0.0178. The molecule has 2 atom stereocenters. The summed E-state index contributed by atoms with van der Waals surface area (Å²) >= 11 is 0. The number of hydrogen-bond donors (Lipinski definition) is 1. The molecule has 3 heterocycles.